The van der Waals surface area contributed by atoms with Gasteiger partial charge in [-0.1, -0.05) is 74.5 Å². The summed E-state index contributed by atoms with van der Waals surface area (Å²) in [7, 11) is 0. The number of aromatic nitrogens is 3. The van der Waals surface area contributed by atoms with E-state index in [1.807, 2.05) is 111 Å². The monoisotopic (exact) mass is 1100 g/mol. The first-order chi connectivity index (χ1) is 39.0. The number of ether oxygens (including phenoxy) is 4. The van der Waals surface area contributed by atoms with Gasteiger partial charge in [-0.15, -0.1) is 11.3 Å². The number of nitrogens with zero attached hydrogens (tertiary/aromatic N) is 7. The third-order valence-corrected chi connectivity index (χ3v) is 16.3. The summed E-state index contributed by atoms with van der Waals surface area (Å²) in [6.07, 6.45) is 7.92. The van der Waals surface area contributed by atoms with Gasteiger partial charge in [0.1, 0.15) is 30.2 Å². The van der Waals surface area contributed by atoms with Crippen LogP contribution in [0.5, 0.6) is 11.5 Å². The van der Waals surface area contributed by atoms with Crippen molar-refractivity contribution in [2.75, 3.05) is 77.6 Å². The molecule has 6 bridgehead atoms. The summed E-state index contributed by atoms with van der Waals surface area (Å²) < 4.78 is 24.9. The number of anilines is 2. The lowest BCUT2D eigenvalue weighted by atomic mass is 10.0. The summed E-state index contributed by atoms with van der Waals surface area (Å²) in [5.74, 6) is 0.883. The maximum absolute atomic E-state index is 14.3. The lowest BCUT2D eigenvalue weighted by Crippen LogP contribution is -2.55. The molecule has 4 aliphatic rings. The fraction of sp³-hybridized carbons (Fsp3) is 0.419. The number of likely N-dealkylation sites (tertiary alicyclic amines) is 1. The number of aliphatic hydroxyl groups excluding tert-OH is 1. The van der Waals surface area contributed by atoms with Crippen LogP contribution in [0.4, 0.5) is 11.6 Å². The van der Waals surface area contributed by atoms with Gasteiger partial charge >= 0.3 is 0 Å². The van der Waals surface area contributed by atoms with Crippen molar-refractivity contribution in [1.29, 1.82) is 0 Å². The van der Waals surface area contributed by atoms with Gasteiger partial charge in [-0.25, -0.2) is 15.0 Å². The van der Waals surface area contributed by atoms with Crippen molar-refractivity contribution in [3.05, 3.63) is 148 Å². The predicted molar refractivity (Wildman–Crippen MR) is 309 cm³/mol. The van der Waals surface area contributed by atoms with Crippen molar-refractivity contribution in [3.8, 4) is 33.2 Å². The molecule has 6 aromatic rings. The number of fused-ring (bicyclic) bond motifs is 8. The van der Waals surface area contributed by atoms with Crippen LogP contribution in [0.25, 0.3) is 21.7 Å². The van der Waals surface area contributed by atoms with Crippen LogP contribution < -0.4 is 20.1 Å². The number of β-amino-alcohol motifs (C(OH)–C–C–N with tert-alkyl or cyclic N) is 1. The van der Waals surface area contributed by atoms with Crippen LogP contribution in [0.1, 0.15) is 77.8 Å². The van der Waals surface area contributed by atoms with Gasteiger partial charge in [0, 0.05) is 92.9 Å². The second-order valence-electron chi connectivity index (χ2n) is 21.3. The van der Waals surface area contributed by atoms with E-state index in [1.165, 1.54) is 4.90 Å². The van der Waals surface area contributed by atoms with E-state index in [4.69, 9.17) is 23.9 Å². The molecule has 18 heteroatoms. The Morgan fingerprint density at radius 2 is 1.62 bits per heavy atom. The first-order valence-corrected chi connectivity index (χ1v) is 28.9. The molecule has 0 aliphatic carbocycles. The Morgan fingerprint density at radius 3 is 2.42 bits per heavy atom. The molecule has 2 aromatic heterocycles. The molecule has 2 fully saturated rings. The van der Waals surface area contributed by atoms with Crippen molar-refractivity contribution >= 4 is 40.7 Å². The minimum Gasteiger partial charge on any atom is -0.493 e. The minimum atomic E-state index is -0.884. The van der Waals surface area contributed by atoms with Crippen LogP contribution in [0.15, 0.2) is 115 Å². The van der Waals surface area contributed by atoms with E-state index >= 15 is 0 Å². The maximum atomic E-state index is 14.3. The third-order valence-electron chi connectivity index (χ3n) is 15.3. The Bertz CT molecular complexity index is 3120. The normalized spacial score (nSPS) is 18.7. The number of carbonyl (C=O) groups is 3. The quantitative estimate of drug-likeness (QED) is 0.0551. The smallest absolute Gasteiger partial charge is 0.255 e. The topological polar surface area (TPSA) is 184 Å². The van der Waals surface area contributed by atoms with E-state index in [-0.39, 0.29) is 43.1 Å². The van der Waals surface area contributed by atoms with E-state index in [0.717, 1.165) is 120 Å². The van der Waals surface area contributed by atoms with Crippen molar-refractivity contribution in [2.24, 2.45) is 5.92 Å². The second-order valence-corrected chi connectivity index (χ2v) is 22.2. The second kappa shape index (κ2) is 26.9. The lowest BCUT2D eigenvalue weighted by Gasteiger charge is -2.35. The standard InChI is InChI=1S/C62H73N9O8S/c1-42(2)57(71-37-48-13-5-6-15-52(48)60(71)74)61(75)70-38-51(72)35-54(70)59(73)64-36-47-17-16-46(58-43(3)65-41-80-58)34-56(47)78-30-8-4-7-22-68-23-25-69(26-24-68)27-31-79-55-19-18-50-33-49(55)40-77-29-10-9-28-76-39-44-12-11-14-45(32-44)53-20-21-63-62(66-50)67-53/h5-6,9-21,32-34,41-42,51,54,57,72H,4,7-8,22-31,35-40H2,1-3H3,(H,64,73)(H,63,66,67)/b10-9+/t51-,54+,57+/m1/s1. The highest BCUT2D eigenvalue weighted by Gasteiger charge is 2.46. The Balaban J connectivity index is 0.677. The number of benzene rings is 4. The zero-order valence-electron chi connectivity index (χ0n) is 46.1. The van der Waals surface area contributed by atoms with Crippen LogP contribution in [-0.4, -0.2) is 148 Å². The summed E-state index contributed by atoms with van der Waals surface area (Å²) in [5, 5.41) is 17.3. The Labute approximate surface area is 472 Å². The Morgan fingerprint density at radius 1 is 0.825 bits per heavy atom. The van der Waals surface area contributed by atoms with E-state index in [9.17, 15) is 19.5 Å². The first-order valence-electron chi connectivity index (χ1n) is 28.1. The van der Waals surface area contributed by atoms with Gasteiger partial charge in [-0.2, -0.15) is 0 Å². The molecule has 3 amide bonds. The van der Waals surface area contributed by atoms with Gasteiger partial charge < -0.3 is 49.4 Å². The maximum Gasteiger partial charge on any atom is 0.255 e. The Hall–Kier alpha value is -7.06. The van der Waals surface area contributed by atoms with Crippen LogP contribution in [0.2, 0.25) is 0 Å². The number of thiazole rings is 1. The highest BCUT2D eigenvalue weighted by Crippen LogP contribution is 2.34. The molecule has 0 unspecified atom stereocenters. The summed E-state index contributed by atoms with van der Waals surface area (Å²) in [6, 6.07) is 27.9. The van der Waals surface area contributed by atoms with Gasteiger partial charge in [0.05, 0.1) is 60.9 Å². The fourth-order valence-corrected chi connectivity index (χ4v) is 11.8. The molecular weight excluding hydrogens is 1030 g/mol. The average molecular weight is 1100 g/mol. The number of aryl methyl sites for hydroxylation is 1. The predicted octanol–water partition coefficient (Wildman–Crippen LogP) is 8.43. The zero-order chi connectivity index (χ0) is 55.4. The fourth-order valence-electron chi connectivity index (χ4n) is 11.0. The Kier molecular flexibility index (Phi) is 18.9. The molecule has 3 atom stereocenters. The lowest BCUT2D eigenvalue weighted by molar-refractivity contribution is -0.143. The third kappa shape index (κ3) is 14.1. The molecule has 80 heavy (non-hydrogen) atoms. The van der Waals surface area contributed by atoms with Crippen molar-refractivity contribution in [2.45, 2.75) is 90.9 Å². The van der Waals surface area contributed by atoms with Crippen molar-refractivity contribution < 1.29 is 38.4 Å². The first kappa shape index (κ1) is 56.2. The highest BCUT2D eigenvalue weighted by molar-refractivity contribution is 7.13. The van der Waals surface area contributed by atoms with Crippen molar-refractivity contribution in [3.63, 3.8) is 0 Å². The molecule has 6 heterocycles. The number of rotatable bonds is 18. The minimum absolute atomic E-state index is 0.0201. The molecule has 2 saturated heterocycles. The van der Waals surface area contributed by atoms with E-state index in [2.05, 4.69) is 42.5 Å². The molecule has 0 saturated carbocycles. The van der Waals surface area contributed by atoms with Crippen LogP contribution >= 0.6 is 11.3 Å². The van der Waals surface area contributed by atoms with Gasteiger partial charge in [-0.05, 0) is 97.8 Å². The molecule has 4 aliphatic heterocycles. The SMILES string of the molecule is Cc1ncsc1-c1ccc(CNC(=O)[C@@H]2C[C@@H](O)CN2C(=O)[C@H](C(C)C)N2Cc3ccccc3C2=O)c(OCCCCCN2CCN(CCOc3ccc4cc3COC/C=C/COCc3cccc(c3)-c3ccnc(n3)N4)CC2)c1. The van der Waals surface area contributed by atoms with E-state index in [0.29, 0.717) is 63.4 Å². The summed E-state index contributed by atoms with van der Waals surface area (Å²) in [4.78, 5) is 64.8. The van der Waals surface area contributed by atoms with Gasteiger partial charge in [-0.3, -0.25) is 19.3 Å². The molecule has 3 N–H and O–H groups in total. The molecule has 17 nitrogen and oxygen atoms in total. The molecule has 0 radical (unpaired) electrons. The summed E-state index contributed by atoms with van der Waals surface area (Å²) in [5.41, 5.74) is 10.7. The molecule has 0 spiro atoms. The number of unbranched alkanes of at least 4 members (excludes halogenated alkanes) is 2. The molecule has 10 rings (SSSR count). The highest BCUT2D eigenvalue weighted by atomic mass is 32.1. The summed E-state index contributed by atoms with van der Waals surface area (Å²) in [6.45, 7) is 15.0. The average Bonchev–Trinajstić information content (AvgIpc) is 4.18. The zero-order valence-corrected chi connectivity index (χ0v) is 46.9. The molecule has 420 valence electrons. The van der Waals surface area contributed by atoms with E-state index < -0.39 is 18.2 Å². The van der Waals surface area contributed by atoms with Gasteiger partial charge in [0.2, 0.25) is 17.8 Å². The number of aliphatic hydroxyl groups is 1. The van der Waals surface area contributed by atoms with Gasteiger partial charge in [0.15, 0.2) is 0 Å². The van der Waals surface area contributed by atoms with Crippen molar-refractivity contribution in [1.82, 2.24) is 39.9 Å². The number of piperazine rings is 1. The van der Waals surface area contributed by atoms with E-state index in [1.54, 1.807) is 28.5 Å². The van der Waals surface area contributed by atoms with Crippen LogP contribution in [-0.2, 0) is 45.4 Å². The van der Waals surface area contributed by atoms with Crippen LogP contribution in [0, 0.1) is 12.8 Å². The number of amides is 3. The molecular formula is C62H73N9O8S. The number of carbonyl (C=O) groups excluding carboxylic acids is 3. The molecule has 4 aromatic carbocycles. The largest absolute Gasteiger partial charge is 0.493 e. The summed E-state index contributed by atoms with van der Waals surface area (Å²) >= 11 is 1.57. The van der Waals surface area contributed by atoms with Crippen LogP contribution in [0.3, 0.4) is 0 Å². The van der Waals surface area contributed by atoms with Gasteiger partial charge in [0.25, 0.3) is 5.91 Å². The number of hydrogen-bond donors (Lipinski definition) is 3. The number of nitrogens with one attached hydrogen (secondary N) is 2. The number of hydrogen-bond acceptors (Lipinski definition) is 15.